The Balaban J connectivity index is 1.78. The lowest BCUT2D eigenvalue weighted by Crippen LogP contribution is -2.60. The zero-order chi connectivity index (χ0) is 37.3. The number of rotatable bonds is 19. The summed E-state index contributed by atoms with van der Waals surface area (Å²) in [6.45, 7) is 0.677. The highest BCUT2D eigenvalue weighted by Crippen LogP contribution is 2.32. The Labute approximate surface area is 282 Å². The minimum absolute atomic E-state index is 0.0454. The van der Waals surface area contributed by atoms with Gasteiger partial charge in [-0.3, -0.25) is 38.5 Å². The topological polar surface area (TPSA) is 372 Å². The number of aromatic nitrogens is 2. The van der Waals surface area contributed by atoms with Crippen molar-refractivity contribution in [3.8, 4) is 0 Å². The number of benzene rings is 1. The molecule has 1 aromatic carbocycles. The fraction of sp³-hybridized carbons (Fsp3) is 0.414. The number of fused-ring (bicyclic) bond motifs is 1. The normalized spacial score (nSPS) is 15.5. The number of ketones is 2. The molecule has 0 radical (unpaired) electrons. The van der Waals surface area contributed by atoms with Crippen molar-refractivity contribution < 1.29 is 54.0 Å². The summed E-state index contributed by atoms with van der Waals surface area (Å²) in [6, 6.07) is -0.670. The summed E-state index contributed by atoms with van der Waals surface area (Å²) in [5, 5.41) is 49.3. The van der Waals surface area contributed by atoms with Crippen LogP contribution in [0.5, 0.6) is 0 Å². The van der Waals surface area contributed by atoms with E-state index in [1.807, 2.05) is 0 Å². The molecule has 0 bridgehead atoms. The molecule has 1 aliphatic rings. The van der Waals surface area contributed by atoms with E-state index in [1.54, 1.807) is 0 Å². The number of aromatic amines is 1. The van der Waals surface area contributed by atoms with Crippen LogP contribution in [0.3, 0.4) is 0 Å². The molecule has 270 valence electrons. The van der Waals surface area contributed by atoms with Crippen LogP contribution in [0.15, 0.2) is 29.1 Å². The molecule has 2 heterocycles. The maximum atomic E-state index is 13.5. The van der Waals surface area contributed by atoms with Gasteiger partial charge in [0, 0.05) is 43.6 Å². The van der Waals surface area contributed by atoms with Gasteiger partial charge in [-0.05, 0) is 37.1 Å². The van der Waals surface area contributed by atoms with E-state index in [9.17, 15) is 48.6 Å². The summed E-state index contributed by atoms with van der Waals surface area (Å²) in [5.41, 5.74) is 14.0. The molecule has 0 spiro atoms. The van der Waals surface area contributed by atoms with Gasteiger partial charge in [0.05, 0.1) is 18.1 Å². The molecule has 50 heavy (non-hydrogen) atoms. The molecular formula is C29H37N9O12. The van der Waals surface area contributed by atoms with Gasteiger partial charge in [-0.2, -0.15) is 4.98 Å². The van der Waals surface area contributed by atoms with Crippen LogP contribution in [-0.4, -0.2) is 109 Å². The van der Waals surface area contributed by atoms with Gasteiger partial charge in [-0.15, -0.1) is 0 Å². The maximum Gasteiger partial charge on any atom is 0.326 e. The van der Waals surface area contributed by atoms with Crippen molar-refractivity contribution in [1.29, 1.82) is 0 Å². The van der Waals surface area contributed by atoms with Crippen LogP contribution in [0.1, 0.15) is 42.5 Å². The monoisotopic (exact) mass is 703 g/mol. The predicted molar refractivity (Wildman–Crippen MR) is 173 cm³/mol. The third-order valence-corrected chi connectivity index (χ3v) is 7.83. The quantitative estimate of drug-likeness (QED) is 0.0693. The highest BCUT2D eigenvalue weighted by molar-refractivity contribution is 6.24. The van der Waals surface area contributed by atoms with E-state index in [0.29, 0.717) is 24.6 Å². The number of carboxylic acids is 4. The van der Waals surface area contributed by atoms with Crippen molar-refractivity contribution in [3.63, 3.8) is 0 Å². The highest BCUT2D eigenvalue weighted by atomic mass is 16.4. The van der Waals surface area contributed by atoms with Gasteiger partial charge in [0.1, 0.15) is 11.7 Å². The Morgan fingerprint density at radius 2 is 1.48 bits per heavy atom. The van der Waals surface area contributed by atoms with E-state index >= 15 is 0 Å². The van der Waals surface area contributed by atoms with E-state index < -0.39 is 103 Å². The van der Waals surface area contributed by atoms with Crippen LogP contribution in [-0.2, 0) is 28.8 Å². The van der Waals surface area contributed by atoms with Crippen LogP contribution in [0.25, 0.3) is 0 Å². The molecule has 0 saturated carbocycles. The molecule has 0 aliphatic carbocycles. The van der Waals surface area contributed by atoms with Crippen molar-refractivity contribution in [1.82, 2.24) is 15.3 Å². The number of hydrogen-bond acceptors (Lipinski definition) is 15. The summed E-state index contributed by atoms with van der Waals surface area (Å²) in [5.74, 6) is -10.7. The third-order valence-electron chi connectivity index (χ3n) is 7.83. The first-order valence-corrected chi connectivity index (χ1v) is 15.0. The predicted octanol–water partition coefficient (Wildman–Crippen LogP) is -2.16. The van der Waals surface area contributed by atoms with E-state index in [4.69, 9.17) is 27.4 Å². The summed E-state index contributed by atoms with van der Waals surface area (Å²) >= 11 is 0. The third kappa shape index (κ3) is 9.29. The lowest BCUT2D eigenvalue weighted by atomic mass is 9.69. The molecule has 1 aromatic heterocycles. The number of aliphatic carboxylic acids is 4. The fourth-order valence-electron chi connectivity index (χ4n) is 5.15. The van der Waals surface area contributed by atoms with Gasteiger partial charge in [0.15, 0.2) is 22.8 Å². The fourth-order valence-corrected chi connectivity index (χ4v) is 5.15. The molecular weight excluding hydrogens is 666 g/mol. The average Bonchev–Trinajstić information content (AvgIpc) is 3.06. The smallest absolute Gasteiger partial charge is 0.326 e. The van der Waals surface area contributed by atoms with Gasteiger partial charge >= 0.3 is 23.9 Å². The van der Waals surface area contributed by atoms with E-state index in [2.05, 4.69) is 31.2 Å². The van der Waals surface area contributed by atoms with Gasteiger partial charge in [0.2, 0.25) is 5.95 Å². The summed E-state index contributed by atoms with van der Waals surface area (Å²) in [7, 11) is 0. The SMILES string of the molecule is Nc1nc2c(c(=O)[nH]1)NC(CNc1ccc(C(=O)N[C@@H](CC(C(=O)O)(C(=O)[C@@H](N)CCC(=O)O)C(=O)[C@@H](N)CCC(=O)O)C(=O)O)cc1)CN2. The second-order valence-corrected chi connectivity index (χ2v) is 11.4. The number of nitrogens with zero attached hydrogens (tertiary/aromatic N) is 1. The van der Waals surface area contributed by atoms with E-state index in [0.717, 1.165) is 0 Å². The van der Waals surface area contributed by atoms with E-state index in [-0.39, 0.29) is 23.2 Å². The molecule has 21 heteroatoms. The number of hydrogen-bond donors (Lipinski definition) is 12. The van der Waals surface area contributed by atoms with Gasteiger partial charge in [-0.1, -0.05) is 0 Å². The largest absolute Gasteiger partial charge is 0.481 e. The lowest BCUT2D eigenvalue weighted by Gasteiger charge is -2.33. The zero-order valence-corrected chi connectivity index (χ0v) is 26.3. The lowest BCUT2D eigenvalue weighted by molar-refractivity contribution is -0.162. The Bertz CT molecular complexity index is 1680. The number of amides is 1. The summed E-state index contributed by atoms with van der Waals surface area (Å²) in [4.78, 5) is 106. The first kappa shape index (κ1) is 38.4. The molecule has 0 fully saturated rings. The summed E-state index contributed by atoms with van der Waals surface area (Å²) in [6.07, 6.45) is -4.05. The number of carboxylic acid groups (broad SMARTS) is 4. The molecule has 2 aromatic rings. The molecule has 15 N–H and O–H groups in total. The molecule has 1 aliphatic heterocycles. The number of nitrogens with two attached hydrogens (primary N) is 3. The van der Waals surface area contributed by atoms with Crippen molar-refractivity contribution in [2.75, 3.05) is 34.8 Å². The maximum absolute atomic E-state index is 13.5. The van der Waals surface area contributed by atoms with Crippen LogP contribution >= 0.6 is 0 Å². The molecule has 1 amide bonds. The second-order valence-electron chi connectivity index (χ2n) is 11.4. The molecule has 21 nitrogen and oxygen atoms in total. The first-order chi connectivity index (χ1) is 23.5. The van der Waals surface area contributed by atoms with Crippen LogP contribution < -0.4 is 44.0 Å². The minimum Gasteiger partial charge on any atom is -0.481 e. The zero-order valence-electron chi connectivity index (χ0n) is 26.3. The Morgan fingerprint density at radius 1 is 0.920 bits per heavy atom. The van der Waals surface area contributed by atoms with Crippen molar-refractivity contribution >= 4 is 64.5 Å². The summed E-state index contributed by atoms with van der Waals surface area (Å²) < 4.78 is 0. The van der Waals surface area contributed by atoms with Crippen molar-refractivity contribution in [2.24, 2.45) is 16.9 Å². The minimum atomic E-state index is -3.30. The first-order valence-electron chi connectivity index (χ1n) is 15.0. The molecule has 4 atom stereocenters. The molecule has 0 saturated heterocycles. The number of nitrogen functional groups attached to an aromatic ring is 1. The van der Waals surface area contributed by atoms with Crippen LogP contribution in [0.4, 0.5) is 23.1 Å². The van der Waals surface area contributed by atoms with Gasteiger partial charge in [0.25, 0.3) is 11.5 Å². The van der Waals surface area contributed by atoms with Gasteiger partial charge in [-0.25, -0.2) is 4.79 Å². The Kier molecular flexibility index (Phi) is 12.5. The number of carbonyl (C=O) groups excluding carboxylic acids is 3. The molecule has 3 rings (SSSR count). The van der Waals surface area contributed by atoms with E-state index in [1.165, 1.54) is 24.3 Å². The Morgan fingerprint density at radius 3 is 1.98 bits per heavy atom. The number of Topliss-reactive ketones (excluding diaryl/α,β-unsaturated/α-hetero) is 2. The van der Waals surface area contributed by atoms with Crippen LogP contribution in [0, 0.1) is 5.41 Å². The standard InChI is InChI=1S/C29H37N9O12/c30-15(5-7-18(39)40)21(43)29(27(49)50,22(44)16(31)6-8-19(41)42)9-17(26(47)48)36-24(45)12-1-3-13(4-2-12)33-10-14-11-34-23-20(35-14)25(46)38-28(32)37-23/h1-4,14-17,33,35H,5-11,30-31H2,(H,36,45)(H,39,40)(H,41,42)(H,47,48)(H,49,50)(H4,32,34,37,38,46)/t14?,15-,16-,17-/m0/s1. The second kappa shape index (κ2) is 16.3. The van der Waals surface area contributed by atoms with Crippen molar-refractivity contribution in [3.05, 3.63) is 40.2 Å². The van der Waals surface area contributed by atoms with Crippen molar-refractivity contribution in [2.45, 2.75) is 56.3 Å². The number of carbonyl (C=O) groups is 7. The number of H-pyrrole nitrogens is 1. The molecule has 1 unspecified atom stereocenters. The Hall–Kier alpha value is -6.09. The number of nitrogens with one attached hydrogen (secondary N) is 5. The average molecular weight is 704 g/mol. The van der Waals surface area contributed by atoms with Crippen LogP contribution in [0.2, 0.25) is 0 Å². The van der Waals surface area contributed by atoms with Gasteiger partial charge < -0.3 is 58.9 Å². The number of anilines is 4. The highest BCUT2D eigenvalue weighted by Gasteiger charge is 2.57.